The number of imidazole rings is 1. The summed E-state index contributed by atoms with van der Waals surface area (Å²) in [6.45, 7) is 7.01. The van der Waals surface area contributed by atoms with Crippen LogP contribution in [0.5, 0.6) is 0 Å². The van der Waals surface area contributed by atoms with Crippen molar-refractivity contribution >= 4 is 17.0 Å². The zero-order valence-electron chi connectivity index (χ0n) is 15.9. The van der Waals surface area contributed by atoms with Crippen LogP contribution >= 0.6 is 11.3 Å². The average Bonchev–Trinajstić information content (AvgIpc) is 3.28. The fourth-order valence-electron chi connectivity index (χ4n) is 3.41. The molecule has 4 nitrogen and oxygen atoms in total. The number of thiophene rings is 1. The third kappa shape index (κ3) is 3.80. The average molecular weight is 377 g/mol. The minimum atomic E-state index is 0.162. The van der Waals surface area contributed by atoms with Crippen molar-refractivity contribution in [2.45, 2.75) is 39.8 Å². The van der Waals surface area contributed by atoms with Gasteiger partial charge >= 0.3 is 0 Å². The SMILES string of the molecule is Cc1ccc(C(Cc2ccsc2)NCc2c(C)nc3c(C)cccn23)nc1. The van der Waals surface area contributed by atoms with Gasteiger partial charge in [-0.05, 0) is 72.8 Å². The van der Waals surface area contributed by atoms with Crippen LogP contribution in [-0.2, 0) is 13.0 Å². The van der Waals surface area contributed by atoms with Crippen molar-refractivity contribution in [2.75, 3.05) is 0 Å². The molecular weight excluding hydrogens is 352 g/mol. The highest BCUT2D eigenvalue weighted by Crippen LogP contribution is 2.21. The molecule has 5 heteroatoms. The Kier molecular flexibility index (Phi) is 5.05. The minimum Gasteiger partial charge on any atom is -0.303 e. The molecule has 1 unspecified atom stereocenters. The van der Waals surface area contributed by atoms with Gasteiger partial charge in [0.1, 0.15) is 5.65 Å². The number of rotatable bonds is 6. The van der Waals surface area contributed by atoms with Gasteiger partial charge in [-0.3, -0.25) is 4.98 Å². The minimum absolute atomic E-state index is 0.162. The number of hydrogen-bond acceptors (Lipinski definition) is 4. The molecule has 0 fully saturated rings. The predicted molar refractivity (Wildman–Crippen MR) is 111 cm³/mol. The lowest BCUT2D eigenvalue weighted by atomic mass is 10.0. The lowest BCUT2D eigenvalue weighted by Crippen LogP contribution is -2.24. The Balaban J connectivity index is 1.61. The molecule has 1 N–H and O–H groups in total. The van der Waals surface area contributed by atoms with E-state index in [-0.39, 0.29) is 6.04 Å². The number of nitrogens with one attached hydrogen (secondary N) is 1. The molecule has 0 aliphatic rings. The second kappa shape index (κ2) is 7.62. The Morgan fingerprint density at radius 2 is 2.04 bits per heavy atom. The number of hydrogen-bond donors (Lipinski definition) is 1. The molecule has 0 saturated carbocycles. The lowest BCUT2D eigenvalue weighted by molar-refractivity contribution is 0.511. The third-order valence-electron chi connectivity index (χ3n) is 4.97. The van der Waals surface area contributed by atoms with Crippen LogP contribution in [0.4, 0.5) is 0 Å². The van der Waals surface area contributed by atoms with Gasteiger partial charge in [0, 0.05) is 18.9 Å². The second-order valence-electron chi connectivity index (χ2n) is 7.06. The molecule has 4 rings (SSSR count). The molecule has 0 spiro atoms. The van der Waals surface area contributed by atoms with E-state index in [2.05, 4.69) is 82.8 Å². The summed E-state index contributed by atoms with van der Waals surface area (Å²) in [4.78, 5) is 9.44. The van der Waals surface area contributed by atoms with Gasteiger partial charge in [-0.25, -0.2) is 4.98 Å². The Morgan fingerprint density at radius 1 is 1.15 bits per heavy atom. The first-order valence-electron chi connectivity index (χ1n) is 9.22. The molecule has 0 bridgehead atoms. The number of fused-ring (bicyclic) bond motifs is 1. The van der Waals surface area contributed by atoms with Crippen molar-refractivity contribution in [1.82, 2.24) is 19.7 Å². The monoisotopic (exact) mass is 376 g/mol. The van der Waals surface area contributed by atoms with Crippen molar-refractivity contribution in [3.8, 4) is 0 Å². The molecule has 27 heavy (non-hydrogen) atoms. The summed E-state index contributed by atoms with van der Waals surface area (Å²) in [6.07, 6.45) is 4.96. The molecule has 4 aromatic heterocycles. The molecule has 0 amide bonds. The van der Waals surface area contributed by atoms with Crippen LogP contribution in [0.3, 0.4) is 0 Å². The van der Waals surface area contributed by atoms with Crippen LogP contribution in [-0.4, -0.2) is 14.4 Å². The quantitative estimate of drug-likeness (QED) is 0.526. The maximum absolute atomic E-state index is 4.76. The van der Waals surface area contributed by atoms with E-state index in [1.54, 1.807) is 11.3 Å². The molecule has 0 saturated heterocycles. The molecule has 138 valence electrons. The summed E-state index contributed by atoms with van der Waals surface area (Å²) in [5, 5.41) is 8.08. The van der Waals surface area contributed by atoms with Crippen LogP contribution in [0.2, 0.25) is 0 Å². The van der Waals surface area contributed by atoms with E-state index < -0.39 is 0 Å². The number of aromatic nitrogens is 3. The maximum atomic E-state index is 4.76. The normalized spacial score (nSPS) is 12.6. The van der Waals surface area contributed by atoms with Gasteiger partial charge < -0.3 is 9.72 Å². The van der Waals surface area contributed by atoms with E-state index in [1.807, 2.05) is 6.20 Å². The number of aryl methyl sites for hydroxylation is 3. The Labute approximate surface area is 163 Å². The van der Waals surface area contributed by atoms with Crippen molar-refractivity contribution in [3.63, 3.8) is 0 Å². The van der Waals surface area contributed by atoms with E-state index in [1.165, 1.54) is 22.4 Å². The van der Waals surface area contributed by atoms with Gasteiger partial charge in [-0.1, -0.05) is 12.1 Å². The van der Waals surface area contributed by atoms with E-state index >= 15 is 0 Å². The standard InChI is InChI=1S/C22H24N4S/c1-15-6-7-19(23-12-15)20(11-18-8-10-27-14-18)24-13-21-17(3)25-22-16(2)5-4-9-26(21)22/h4-10,12,14,20,24H,11,13H2,1-3H3. The van der Waals surface area contributed by atoms with Gasteiger partial charge in [0.2, 0.25) is 0 Å². The molecule has 0 aliphatic heterocycles. The van der Waals surface area contributed by atoms with Gasteiger partial charge in [0.15, 0.2) is 0 Å². The Morgan fingerprint density at radius 3 is 2.78 bits per heavy atom. The molecule has 0 aliphatic carbocycles. The first-order valence-corrected chi connectivity index (χ1v) is 10.2. The van der Waals surface area contributed by atoms with Crippen molar-refractivity contribution in [3.05, 3.63) is 87.3 Å². The summed E-state index contributed by atoms with van der Waals surface area (Å²) >= 11 is 1.74. The van der Waals surface area contributed by atoms with Crippen molar-refractivity contribution in [1.29, 1.82) is 0 Å². The van der Waals surface area contributed by atoms with Crippen LogP contribution < -0.4 is 5.32 Å². The summed E-state index contributed by atoms with van der Waals surface area (Å²) in [6, 6.07) is 10.8. The van der Waals surface area contributed by atoms with Gasteiger partial charge in [-0.15, -0.1) is 0 Å². The van der Waals surface area contributed by atoms with Gasteiger partial charge in [0.05, 0.1) is 23.1 Å². The summed E-state index contributed by atoms with van der Waals surface area (Å²) in [5.74, 6) is 0. The zero-order chi connectivity index (χ0) is 18.8. The molecule has 0 radical (unpaired) electrons. The molecular formula is C22H24N4S. The topological polar surface area (TPSA) is 42.2 Å². The summed E-state index contributed by atoms with van der Waals surface area (Å²) in [7, 11) is 0. The Hall–Kier alpha value is -2.50. The third-order valence-corrected chi connectivity index (χ3v) is 5.70. The van der Waals surface area contributed by atoms with E-state index in [4.69, 9.17) is 4.98 Å². The zero-order valence-corrected chi connectivity index (χ0v) is 16.8. The van der Waals surface area contributed by atoms with Crippen LogP contribution in [0.15, 0.2) is 53.5 Å². The molecule has 0 aromatic carbocycles. The Bertz CT molecular complexity index is 1030. The molecule has 4 aromatic rings. The number of nitrogens with zero attached hydrogens (tertiary/aromatic N) is 3. The largest absolute Gasteiger partial charge is 0.303 e. The van der Waals surface area contributed by atoms with Crippen molar-refractivity contribution in [2.24, 2.45) is 0 Å². The summed E-state index contributed by atoms with van der Waals surface area (Å²) in [5.41, 5.74) is 8.11. The molecule has 4 heterocycles. The van der Waals surface area contributed by atoms with Crippen LogP contribution in [0, 0.1) is 20.8 Å². The highest BCUT2D eigenvalue weighted by molar-refractivity contribution is 7.07. The number of pyridine rings is 2. The van der Waals surface area contributed by atoms with E-state index in [9.17, 15) is 0 Å². The van der Waals surface area contributed by atoms with Crippen LogP contribution in [0.1, 0.15) is 39.8 Å². The highest BCUT2D eigenvalue weighted by atomic mass is 32.1. The first-order chi connectivity index (χ1) is 13.1. The highest BCUT2D eigenvalue weighted by Gasteiger charge is 2.16. The van der Waals surface area contributed by atoms with E-state index in [0.717, 1.165) is 30.0 Å². The fourth-order valence-corrected chi connectivity index (χ4v) is 4.09. The maximum Gasteiger partial charge on any atom is 0.140 e. The van der Waals surface area contributed by atoms with Gasteiger partial charge in [-0.2, -0.15) is 11.3 Å². The fraction of sp³-hybridized carbons (Fsp3) is 0.273. The van der Waals surface area contributed by atoms with Crippen molar-refractivity contribution < 1.29 is 0 Å². The summed E-state index contributed by atoms with van der Waals surface area (Å²) < 4.78 is 2.20. The van der Waals surface area contributed by atoms with E-state index in [0.29, 0.717) is 0 Å². The second-order valence-corrected chi connectivity index (χ2v) is 7.84. The molecule has 1 atom stereocenters. The predicted octanol–water partition coefficient (Wildman–Crippen LogP) is 4.79. The van der Waals surface area contributed by atoms with Crippen LogP contribution in [0.25, 0.3) is 5.65 Å². The first kappa shape index (κ1) is 17.9. The smallest absolute Gasteiger partial charge is 0.140 e. The lowest BCUT2D eigenvalue weighted by Gasteiger charge is -2.18. The van der Waals surface area contributed by atoms with Gasteiger partial charge in [0.25, 0.3) is 0 Å².